The average Bonchev–Trinajstić information content (AvgIpc) is 2.66. The molecule has 1 aliphatic carbocycles. The van der Waals surface area contributed by atoms with Crippen LogP contribution in [0.2, 0.25) is 0 Å². The van der Waals surface area contributed by atoms with Crippen LogP contribution in [0.4, 0.5) is 0 Å². The monoisotopic (exact) mass is 234 g/mol. The maximum atomic E-state index is 12.0. The summed E-state index contributed by atoms with van der Waals surface area (Å²) in [4.78, 5) is 17.9. The summed E-state index contributed by atoms with van der Waals surface area (Å²) >= 11 is 0. The van der Waals surface area contributed by atoms with E-state index in [4.69, 9.17) is 4.42 Å². The lowest BCUT2D eigenvalue weighted by Gasteiger charge is -2.44. The van der Waals surface area contributed by atoms with Crippen LogP contribution in [-0.2, 0) is 11.2 Å². The topological polar surface area (TPSA) is 46.3 Å². The molecule has 0 aromatic carbocycles. The molecule has 2 fully saturated rings. The van der Waals surface area contributed by atoms with E-state index >= 15 is 0 Å². The van der Waals surface area contributed by atoms with Crippen LogP contribution in [0.15, 0.2) is 17.0 Å². The number of hydrogen-bond donors (Lipinski definition) is 0. The van der Waals surface area contributed by atoms with Crippen molar-refractivity contribution >= 4 is 5.91 Å². The van der Waals surface area contributed by atoms with Crippen molar-refractivity contribution in [3.05, 3.63) is 18.4 Å². The summed E-state index contributed by atoms with van der Waals surface area (Å²) in [5.74, 6) is 1.74. The molecule has 1 unspecified atom stereocenters. The van der Waals surface area contributed by atoms with Crippen molar-refractivity contribution in [3.8, 4) is 0 Å². The number of carbonyl (C=O) groups excluding carboxylic acids is 1. The summed E-state index contributed by atoms with van der Waals surface area (Å²) in [7, 11) is 0. The number of oxazole rings is 1. The highest BCUT2D eigenvalue weighted by Crippen LogP contribution is 2.35. The molecule has 1 aliphatic heterocycles. The maximum Gasteiger partial charge on any atom is 0.230 e. The lowest BCUT2D eigenvalue weighted by molar-refractivity contribution is -0.139. The van der Waals surface area contributed by atoms with Crippen LogP contribution >= 0.6 is 0 Å². The van der Waals surface area contributed by atoms with E-state index in [1.165, 1.54) is 38.5 Å². The van der Waals surface area contributed by atoms with Crippen molar-refractivity contribution < 1.29 is 9.21 Å². The van der Waals surface area contributed by atoms with Crippen molar-refractivity contribution in [2.24, 2.45) is 5.92 Å². The fraction of sp³-hybridized carbons (Fsp3) is 0.692. The van der Waals surface area contributed by atoms with Gasteiger partial charge < -0.3 is 9.32 Å². The average molecular weight is 234 g/mol. The number of hydrogen-bond acceptors (Lipinski definition) is 3. The first-order valence-electron chi connectivity index (χ1n) is 6.50. The van der Waals surface area contributed by atoms with E-state index in [1.54, 1.807) is 6.20 Å². The summed E-state index contributed by atoms with van der Waals surface area (Å²) < 4.78 is 5.11. The smallest absolute Gasteiger partial charge is 0.230 e. The first kappa shape index (κ1) is 10.8. The van der Waals surface area contributed by atoms with Gasteiger partial charge in [0.15, 0.2) is 6.39 Å². The highest BCUT2D eigenvalue weighted by Gasteiger charge is 2.35. The first-order chi connectivity index (χ1) is 8.33. The van der Waals surface area contributed by atoms with E-state index in [-0.39, 0.29) is 5.91 Å². The van der Waals surface area contributed by atoms with Gasteiger partial charge in [-0.15, -0.1) is 0 Å². The van der Waals surface area contributed by atoms with E-state index in [1.807, 2.05) is 4.90 Å². The molecule has 1 atom stereocenters. The van der Waals surface area contributed by atoms with Gasteiger partial charge in [-0.25, -0.2) is 4.98 Å². The van der Waals surface area contributed by atoms with Crippen molar-refractivity contribution in [2.45, 2.75) is 44.6 Å². The highest BCUT2D eigenvalue weighted by molar-refractivity contribution is 5.79. The van der Waals surface area contributed by atoms with E-state index in [2.05, 4.69) is 4.98 Å². The molecule has 1 amide bonds. The van der Waals surface area contributed by atoms with Crippen LogP contribution in [0.3, 0.4) is 0 Å². The molecule has 1 aromatic rings. The molecular weight excluding hydrogens is 216 g/mol. The van der Waals surface area contributed by atoms with Gasteiger partial charge in [0.05, 0.1) is 12.6 Å². The normalized spacial score (nSPS) is 24.2. The van der Waals surface area contributed by atoms with Gasteiger partial charge in [0, 0.05) is 12.6 Å². The fourth-order valence-electron chi connectivity index (χ4n) is 2.71. The zero-order valence-electron chi connectivity index (χ0n) is 9.97. The number of amides is 1. The second-order valence-electron chi connectivity index (χ2n) is 5.21. The minimum Gasteiger partial charge on any atom is -0.448 e. The SMILES string of the molecule is O=C(Cc1cnco1)N1CCC1CC1CCC1. The fourth-order valence-corrected chi connectivity index (χ4v) is 2.71. The Morgan fingerprint density at radius 2 is 2.35 bits per heavy atom. The quantitative estimate of drug-likeness (QED) is 0.800. The second kappa shape index (κ2) is 4.51. The molecule has 92 valence electrons. The third-order valence-electron chi connectivity index (χ3n) is 4.10. The summed E-state index contributed by atoms with van der Waals surface area (Å²) in [5.41, 5.74) is 0. The molecule has 4 heteroatoms. The predicted molar refractivity (Wildman–Crippen MR) is 62.3 cm³/mol. The van der Waals surface area contributed by atoms with Crippen molar-refractivity contribution in [1.29, 1.82) is 0 Å². The van der Waals surface area contributed by atoms with Crippen LogP contribution in [0.5, 0.6) is 0 Å². The molecule has 3 rings (SSSR count). The van der Waals surface area contributed by atoms with Crippen molar-refractivity contribution in [2.75, 3.05) is 6.54 Å². The predicted octanol–water partition coefficient (Wildman–Crippen LogP) is 2.01. The second-order valence-corrected chi connectivity index (χ2v) is 5.21. The zero-order valence-corrected chi connectivity index (χ0v) is 9.97. The minimum absolute atomic E-state index is 0.192. The Hall–Kier alpha value is -1.32. The molecule has 1 saturated heterocycles. The Morgan fingerprint density at radius 1 is 1.47 bits per heavy atom. The minimum atomic E-state index is 0.192. The van der Waals surface area contributed by atoms with Gasteiger partial charge in [0.1, 0.15) is 5.76 Å². The molecule has 2 aliphatic rings. The number of carbonyl (C=O) groups is 1. The molecule has 0 N–H and O–H groups in total. The standard InChI is InChI=1S/C13H18N2O2/c16-13(7-12-8-14-9-17-12)15-5-4-11(15)6-10-2-1-3-10/h8-11H,1-7H2. The van der Waals surface area contributed by atoms with E-state index < -0.39 is 0 Å². The molecule has 1 aromatic heterocycles. The number of aromatic nitrogens is 1. The number of rotatable bonds is 4. The summed E-state index contributed by atoms with van der Waals surface area (Å²) in [6.45, 7) is 0.921. The largest absolute Gasteiger partial charge is 0.448 e. The Bertz CT molecular complexity index is 384. The molecule has 4 nitrogen and oxygen atoms in total. The van der Waals surface area contributed by atoms with Crippen molar-refractivity contribution in [3.63, 3.8) is 0 Å². The number of nitrogens with zero attached hydrogens (tertiary/aromatic N) is 2. The van der Waals surface area contributed by atoms with Gasteiger partial charge >= 0.3 is 0 Å². The molecule has 0 spiro atoms. The van der Waals surface area contributed by atoms with Crippen LogP contribution in [-0.4, -0.2) is 28.4 Å². The lowest BCUT2D eigenvalue weighted by Crippen LogP contribution is -2.52. The van der Waals surface area contributed by atoms with Gasteiger partial charge in [-0.2, -0.15) is 0 Å². The zero-order chi connectivity index (χ0) is 11.7. The lowest BCUT2D eigenvalue weighted by atomic mass is 9.78. The molecule has 0 radical (unpaired) electrons. The Morgan fingerprint density at radius 3 is 2.88 bits per heavy atom. The third kappa shape index (κ3) is 2.21. The number of likely N-dealkylation sites (tertiary alicyclic amines) is 1. The van der Waals surface area contributed by atoms with E-state index in [0.29, 0.717) is 18.2 Å². The Kier molecular flexibility index (Phi) is 2.87. The van der Waals surface area contributed by atoms with Crippen LogP contribution in [0, 0.1) is 5.92 Å². The van der Waals surface area contributed by atoms with Gasteiger partial charge in [-0.1, -0.05) is 19.3 Å². The molecule has 1 saturated carbocycles. The van der Waals surface area contributed by atoms with Crippen LogP contribution in [0.25, 0.3) is 0 Å². The maximum absolute atomic E-state index is 12.0. The summed E-state index contributed by atoms with van der Waals surface area (Å²) in [6.07, 6.45) is 9.86. The van der Waals surface area contributed by atoms with E-state index in [0.717, 1.165) is 12.5 Å². The summed E-state index contributed by atoms with van der Waals surface area (Å²) in [6, 6.07) is 0.496. The molecular formula is C13H18N2O2. The molecule has 2 heterocycles. The Labute approximate surface area is 101 Å². The van der Waals surface area contributed by atoms with Gasteiger partial charge in [0.25, 0.3) is 0 Å². The summed E-state index contributed by atoms with van der Waals surface area (Å²) in [5, 5.41) is 0. The van der Waals surface area contributed by atoms with Gasteiger partial charge in [0.2, 0.25) is 5.91 Å². The molecule has 17 heavy (non-hydrogen) atoms. The van der Waals surface area contributed by atoms with Gasteiger partial charge in [-0.3, -0.25) is 4.79 Å². The molecule has 0 bridgehead atoms. The third-order valence-corrected chi connectivity index (χ3v) is 4.10. The van der Waals surface area contributed by atoms with Gasteiger partial charge in [-0.05, 0) is 18.8 Å². The Balaban J connectivity index is 1.51. The van der Waals surface area contributed by atoms with Crippen molar-refractivity contribution in [1.82, 2.24) is 9.88 Å². The first-order valence-corrected chi connectivity index (χ1v) is 6.50. The van der Waals surface area contributed by atoms with E-state index in [9.17, 15) is 4.79 Å². The highest BCUT2D eigenvalue weighted by atomic mass is 16.3. The van der Waals surface area contributed by atoms with Crippen LogP contribution in [0.1, 0.15) is 37.9 Å². The van der Waals surface area contributed by atoms with Crippen LogP contribution < -0.4 is 0 Å².